The number of nitrogens with zero attached hydrogens (tertiary/aromatic N) is 3. The first kappa shape index (κ1) is 10.9. The molecule has 0 radical (unpaired) electrons. The van der Waals surface area contributed by atoms with Gasteiger partial charge in [-0.1, -0.05) is 23.2 Å². The maximum absolute atomic E-state index is 11.6. The molecular weight excluding hydrogens is 249 g/mol. The first-order chi connectivity index (χ1) is 7.61. The van der Waals surface area contributed by atoms with E-state index in [1.807, 2.05) is 6.07 Å². The summed E-state index contributed by atoms with van der Waals surface area (Å²) in [5, 5.41) is 14.4. The Balaban J connectivity index is 2.46. The van der Waals surface area contributed by atoms with Crippen LogP contribution in [0.3, 0.4) is 0 Å². The molecular formula is C10H5Cl2N3O. The number of carbonyl (C=O) groups excluding carboxylic acids is 1. The van der Waals surface area contributed by atoms with Crippen LogP contribution in [0.15, 0.2) is 23.3 Å². The molecule has 6 heteroatoms. The third-order valence-corrected chi connectivity index (χ3v) is 2.60. The molecule has 0 bridgehead atoms. The van der Waals surface area contributed by atoms with E-state index in [-0.39, 0.29) is 18.0 Å². The molecule has 1 aliphatic rings. The second-order valence-electron chi connectivity index (χ2n) is 3.14. The SMILES string of the molecule is N#CC1=NN(c2cc(Cl)ccc2Cl)C(=O)C1. The zero-order chi connectivity index (χ0) is 11.7. The fourth-order valence-electron chi connectivity index (χ4n) is 1.33. The molecule has 0 saturated heterocycles. The molecule has 1 heterocycles. The highest BCUT2D eigenvalue weighted by molar-refractivity contribution is 6.36. The summed E-state index contributed by atoms with van der Waals surface area (Å²) in [5.41, 5.74) is 0.561. The van der Waals surface area contributed by atoms with Gasteiger partial charge in [-0.05, 0) is 18.2 Å². The lowest BCUT2D eigenvalue weighted by molar-refractivity contribution is -0.116. The lowest BCUT2D eigenvalue weighted by Crippen LogP contribution is -2.19. The number of hydrogen-bond acceptors (Lipinski definition) is 3. The van der Waals surface area contributed by atoms with Gasteiger partial charge in [0.15, 0.2) is 0 Å². The summed E-state index contributed by atoms with van der Waals surface area (Å²) < 4.78 is 0. The third-order valence-electron chi connectivity index (χ3n) is 2.04. The molecule has 0 atom stereocenters. The molecule has 16 heavy (non-hydrogen) atoms. The van der Waals surface area contributed by atoms with Gasteiger partial charge in [-0.15, -0.1) is 0 Å². The molecule has 0 spiro atoms. The van der Waals surface area contributed by atoms with Gasteiger partial charge >= 0.3 is 0 Å². The van der Waals surface area contributed by atoms with Crippen molar-refractivity contribution < 1.29 is 4.79 Å². The van der Waals surface area contributed by atoms with Gasteiger partial charge in [0, 0.05) is 5.02 Å². The summed E-state index contributed by atoms with van der Waals surface area (Å²) in [6, 6.07) is 6.56. The summed E-state index contributed by atoms with van der Waals surface area (Å²) in [4.78, 5) is 11.6. The van der Waals surface area contributed by atoms with E-state index in [0.29, 0.717) is 15.7 Å². The average Bonchev–Trinajstić information content (AvgIpc) is 2.63. The molecule has 1 amide bonds. The summed E-state index contributed by atoms with van der Waals surface area (Å²) in [5.74, 6) is -0.291. The van der Waals surface area contributed by atoms with Crippen LogP contribution in [0.25, 0.3) is 0 Å². The Morgan fingerprint density at radius 2 is 2.19 bits per heavy atom. The van der Waals surface area contributed by atoms with Crippen molar-refractivity contribution in [1.29, 1.82) is 5.26 Å². The van der Waals surface area contributed by atoms with Crippen molar-refractivity contribution in [2.45, 2.75) is 6.42 Å². The van der Waals surface area contributed by atoms with Crippen molar-refractivity contribution in [2.75, 3.05) is 5.01 Å². The third kappa shape index (κ3) is 1.87. The zero-order valence-corrected chi connectivity index (χ0v) is 9.46. The minimum atomic E-state index is -0.291. The van der Waals surface area contributed by atoms with E-state index in [4.69, 9.17) is 28.5 Å². The number of nitriles is 1. The maximum atomic E-state index is 11.6. The number of anilines is 1. The van der Waals surface area contributed by atoms with Crippen molar-refractivity contribution in [1.82, 2.24) is 0 Å². The zero-order valence-electron chi connectivity index (χ0n) is 7.94. The fourth-order valence-corrected chi connectivity index (χ4v) is 1.69. The number of rotatable bonds is 1. The molecule has 0 N–H and O–H groups in total. The molecule has 4 nitrogen and oxygen atoms in total. The molecule has 2 rings (SSSR count). The van der Waals surface area contributed by atoms with E-state index in [1.165, 1.54) is 6.07 Å². The monoisotopic (exact) mass is 253 g/mol. The second-order valence-corrected chi connectivity index (χ2v) is 3.98. The molecule has 0 aromatic heterocycles. The maximum Gasteiger partial charge on any atom is 0.254 e. The quantitative estimate of drug-likeness (QED) is 0.773. The Hall–Kier alpha value is -1.57. The molecule has 0 unspecified atom stereocenters. The summed E-state index contributed by atoms with van der Waals surface area (Å²) >= 11 is 11.7. The van der Waals surface area contributed by atoms with Gasteiger partial charge in [0.1, 0.15) is 11.8 Å². The van der Waals surface area contributed by atoms with Crippen molar-refractivity contribution in [3.05, 3.63) is 28.2 Å². The minimum Gasteiger partial charge on any atom is -0.272 e. The molecule has 0 saturated carbocycles. The van der Waals surface area contributed by atoms with E-state index in [9.17, 15) is 4.79 Å². The Morgan fingerprint density at radius 3 is 2.81 bits per heavy atom. The van der Waals surface area contributed by atoms with E-state index < -0.39 is 0 Å². The van der Waals surface area contributed by atoms with E-state index in [2.05, 4.69) is 5.10 Å². The Labute approximate surface area is 102 Å². The standard InChI is InChI=1S/C10H5Cl2N3O/c11-6-1-2-8(12)9(3-6)15-10(16)4-7(5-13)14-15/h1-3H,4H2. The Kier molecular flexibility index (Phi) is 2.82. The Morgan fingerprint density at radius 1 is 1.44 bits per heavy atom. The number of halogens is 2. The van der Waals surface area contributed by atoms with Crippen molar-refractivity contribution in [2.24, 2.45) is 5.10 Å². The normalized spacial score (nSPS) is 14.9. The minimum absolute atomic E-state index is 0.000653. The molecule has 1 aromatic rings. The molecule has 1 aliphatic heterocycles. The van der Waals surface area contributed by atoms with Crippen LogP contribution in [0.4, 0.5) is 5.69 Å². The van der Waals surface area contributed by atoms with E-state index in [0.717, 1.165) is 5.01 Å². The van der Waals surface area contributed by atoms with Crippen LogP contribution in [0.1, 0.15) is 6.42 Å². The van der Waals surface area contributed by atoms with Crippen molar-refractivity contribution in [3.63, 3.8) is 0 Å². The smallest absolute Gasteiger partial charge is 0.254 e. The fraction of sp³-hybridized carbons (Fsp3) is 0.100. The largest absolute Gasteiger partial charge is 0.272 e. The number of carbonyl (C=O) groups is 1. The van der Waals surface area contributed by atoms with Gasteiger partial charge in [-0.3, -0.25) is 4.79 Å². The second kappa shape index (κ2) is 4.12. The molecule has 0 aliphatic carbocycles. The predicted molar refractivity (Wildman–Crippen MR) is 61.6 cm³/mol. The van der Waals surface area contributed by atoms with Crippen LogP contribution in [0.2, 0.25) is 10.0 Å². The summed E-state index contributed by atoms with van der Waals surface area (Å²) in [6.45, 7) is 0. The lowest BCUT2D eigenvalue weighted by Gasteiger charge is -2.13. The molecule has 1 aromatic carbocycles. The van der Waals surface area contributed by atoms with Crippen LogP contribution in [-0.2, 0) is 4.79 Å². The van der Waals surface area contributed by atoms with E-state index >= 15 is 0 Å². The van der Waals surface area contributed by atoms with E-state index in [1.54, 1.807) is 12.1 Å². The highest BCUT2D eigenvalue weighted by Gasteiger charge is 2.26. The van der Waals surface area contributed by atoms with Gasteiger partial charge < -0.3 is 0 Å². The predicted octanol–water partition coefficient (Wildman–Crippen LogP) is 2.61. The van der Waals surface area contributed by atoms with Gasteiger partial charge in [0.05, 0.1) is 17.1 Å². The number of hydrogen-bond donors (Lipinski definition) is 0. The number of hydrazone groups is 1. The molecule has 80 valence electrons. The summed E-state index contributed by atoms with van der Waals surface area (Å²) in [7, 11) is 0. The van der Waals surface area contributed by atoms with Crippen molar-refractivity contribution >= 4 is 40.5 Å². The van der Waals surface area contributed by atoms with Gasteiger partial charge in [0.2, 0.25) is 0 Å². The first-order valence-corrected chi connectivity index (χ1v) is 5.13. The lowest BCUT2D eigenvalue weighted by atomic mass is 10.3. The molecule has 0 fully saturated rings. The highest BCUT2D eigenvalue weighted by atomic mass is 35.5. The average molecular weight is 254 g/mol. The van der Waals surface area contributed by atoms with Crippen LogP contribution >= 0.6 is 23.2 Å². The summed E-state index contributed by atoms with van der Waals surface area (Å²) in [6.07, 6.45) is -0.000653. The van der Waals surface area contributed by atoms with Crippen LogP contribution in [-0.4, -0.2) is 11.6 Å². The van der Waals surface area contributed by atoms with Gasteiger partial charge in [-0.2, -0.15) is 15.4 Å². The number of benzene rings is 1. The van der Waals surface area contributed by atoms with Crippen molar-refractivity contribution in [3.8, 4) is 6.07 Å². The van der Waals surface area contributed by atoms with Crippen LogP contribution < -0.4 is 5.01 Å². The topological polar surface area (TPSA) is 56.5 Å². The van der Waals surface area contributed by atoms with Gasteiger partial charge in [-0.25, -0.2) is 0 Å². The highest BCUT2D eigenvalue weighted by Crippen LogP contribution is 2.31. The van der Waals surface area contributed by atoms with Crippen LogP contribution in [0, 0.1) is 11.3 Å². The first-order valence-electron chi connectivity index (χ1n) is 4.37. The van der Waals surface area contributed by atoms with Crippen LogP contribution in [0.5, 0.6) is 0 Å². The number of amides is 1. The Bertz CT molecular complexity index is 533. The van der Waals surface area contributed by atoms with Gasteiger partial charge in [0.25, 0.3) is 5.91 Å².